The number of halogens is 6. The van der Waals surface area contributed by atoms with Crippen LogP contribution in [0.15, 0.2) is 18.2 Å². The quantitative estimate of drug-likeness (QED) is 0.474. The van der Waals surface area contributed by atoms with E-state index in [-0.39, 0.29) is 18.2 Å². The smallest absolute Gasteiger partial charge is 0.287 e. The van der Waals surface area contributed by atoms with Crippen LogP contribution in [0, 0.1) is 0 Å². The van der Waals surface area contributed by atoms with Crippen LogP contribution in [-0.4, -0.2) is 5.97 Å². The summed E-state index contributed by atoms with van der Waals surface area (Å²) in [5.41, 5.74) is -3.13. The van der Waals surface area contributed by atoms with Crippen molar-refractivity contribution in [3.05, 3.63) is 29.3 Å². The maximum Gasteiger partial charge on any atom is 0.416 e. The van der Waals surface area contributed by atoms with Gasteiger partial charge in [0.1, 0.15) is 0 Å². The first-order valence-electron chi connectivity index (χ1n) is 4.64. The van der Waals surface area contributed by atoms with Crippen LogP contribution in [-0.2, 0) is 22.0 Å². The standard InChI is InChI=1S/C10H6F6O3/c1-5(17)18-19-8-3-6(9(11,12)13)2-7(4-8)10(14,15)16/h2-4H,1H3. The third-order valence-electron chi connectivity index (χ3n) is 1.82. The zero-order valence-electron chi connectivity index (χ0n) is 9.22. The van der Waals surface area contributed by atoms with Crippen molar-refractivity contribution in [2.45, 2.75) is 19.3 Å². The number of hydrogen-bond donors (Lipinski definition) is 0. The third kappa shape index (κ3) is 4.34. The van der Waals surface area contributed by atoms with E-state index in [1.165, 1.54) is 0 Å². The molecular weight excluding hydrogens is 282 g/mol. The zero-order chi connectivity index (χ0) is 14.8. The van der Waals surface area contributed by atoms with Gasteiger partial charge >= 0.3 is 18.3 Å². The number of hydrogen-bond acceptors (Lipinski definition) is 3. The molecule has 0 fully saturated rings. The van der Waals surface area contributed by atoms with Crippen LogP contribution in [0.25, 0.3) is 0 Å². The van der Waals surface area contributed by atoms with Crippen molar-refractivity contribution >= 4 is 5.97 Å². The van der Waals surface area contributed by atoms with Crippen molar-refractivity contribution in [1.82, 2.24) is 0 Å². The van der Waals surface area contributed by atoms with Gasteiger partial charge in [0.05, 0.1) is 11.1 Å². The summed E-state index contributed by atoms with van der Waals surface area (Å²) in [5.74, 6) is -1.90. The number of benzene rings is 1. The molecule has 0 spiro atoms. The lowest BCUT2D eigenvalue weighted by molar-refractivity contribution is -0.211. The average molecular weight is 288 g/mol. The lowest BCUT2D eigenvalue weighted by Crippen LogP contribution is -2.12. The van der Waals surface area contributed by atoms with Gasteiger partial charge in [-0.1, -0.05) is 0 Å². The van der Waals surface area contributed by atoms with E-state index in [9.17, 15) is 31.1 Å². The van der Waals surface area contributed by atoms with Crippen LogP contribution in [0.3, 0.4) is 0 Å². The second-order valence-corrected chi connectivity index (χ2v) is 3.40. The Hall–Kier alpha value is -1.93. The van der Waals surface area contributed by atoms with E-state index in [2.05, 4.69) is 9.78 Å². The molecule has 0 N–H and O–H groups in total. The minimum atomic E-state index is -4.99. The second-order valence-electron chi connectivity index (χ2n) is 3.40. The first kappa shape index (κ1) is 15.1. The number of carbonyl (C=O) groups is 1. The van der Waals surface area contributed by atoms with Crippen LogP contribution in [0.1, 0.15) is 18.1 Å². The normalized spacial score (nSPS) is 12.2. The van der Waals surface area contributed by atoms with Gasteiger partial charge in [0.15, 0.2) is 5.75 Å². The fraction of sp³-hybridized carbons (Fsp3) is 0.300. The summed E-state index contributed by atoms with van der Waals surface area (Å²) in [5, 5.41) is 0. The molecule has 0 amide bonds. The summed E-state index contributed by atoms with van der Waals surface area (Å²) in [6.45, 7) is 0.873. The summed E-state index contributed by atoms with van der Waals surface area (Å²) in [6, 6.07) is 0.511. The molecule has 0 aliphatic carbocycles. The molecule has 0 saturated heterocycles. The molecule has 1 aromatic carbocycles. The molecule has 0 atom stereocenters. The second kappa shape index (κ2) is 4.98. The largest absolute Gasteiger partial charge is 0.416 e. The Balaban J connectivity index is 3.21. The molecule has 9 heteroatoms. The fourth-order valence-corrected chi connectivity index (χ4v) is 1.08. The van der Waals surface area contributed by atoms with Crippen LogP contribution in [0.5, 0.6) is 5.75 Å². The van der Waals surface area contributed by atoms with E-state index in [1.807, 2.05) is 0 Å². The molecule has 0 aliphatic heterocycles. The average Bonchev–Trinajstić information content (AvgIpc) is 2.23. The van der Waals surface area contributed by atoms with Gasteiger partial charge in [-0.05, 0) is 18.2 Å². The molecule has 106 valence electrons. The van der Waals surface area contributed by atoms with Crippen molar-refractivity contribution in [1.29, 1.82) is 0 Å². The third-order valence-corrected chi connectivity index (χ3v) is 1.82. The maximum atomic E-state index is 12.4. The first-order valence-corrected chi connectivity index (χ1v) is 4.64. The number of rotatable bonds is 2. The lowest BCUT2D eigenvalue weighted by atomic mass is 10.1. The molecule has 1 rings (SSSR count). The van der Waals surface area contributed by atoms with Crippen LogP contribution >= 0.6 is 0 Å². The van der Waals surface area contributed by atoms with E-state index in [0.29, 0.717) is 0 Å². The van der Waals surface area contributed by atoms with E-state index in [4.69, 9.17) is 0 Å². The predicted molar refractivity (Wildman–Crippen MR) is 48.8 cm³/mol. The molecule has 0 unspecified atom stereocenters. The highest BCUT2D eigenvalue weighted by Gasteiger charge is 2.37. The Labute approximate surface area is 102 Å². The summed E-state index contributed by atoms with van der Waals surface area (Å²) < 4.78 is 74.4. The van der Waals surface area contributed by atoms with E-state index in [1.54, 1.807) is 0 Å². The minimum absolute atomic E-state index is 0.0688. The molecule has 0 heterocycles. The fourth-order valence-electron chi connectivity index (χ4n) is 1.08. The molecule has 0 aliphatic rings. The van der Waals surface area contributed by atoms with Crippen LogP contribution < -0.4 is 4.89 Å². The molecule has 1 aromatic rings. The van der Waals surface area contributed by atoms with Crippen molar-refractivity contribution in [3.63, 3.8) is 0 Å². The van der Waals surface area contributed by atoms with Crippen LogP contribution in [0.2, 0.25) is 0 Å². The molecular formula is C10H6F6O3. The Morgan fingerprint density at radius 2 is 1.37 bits per heavy atom. The van der Waals surface area contributed by atoms with Gasteiger partial charge in [-0.2, -0.15) is 26.3 Å². The number of alkyl halides is 6. The van der Waals surface area contributed by atoms with Crippen LogP contribution in [0.4, 0.5) is 26.3 Å². The Kier molecular flexibility index (Phi) is 3.97. The molecule has 0 aromatic heterocycles. The highest BCUT2D eigenvalue weighted by molar-refractivity contribution is 5.65. The van der Waals surface area contributed by atoms with E-state index in [0.717, 1.165) is 6.92 Å². The highest BCUT2D eigenvalue weighted by atomic mass is 19.4. The van der Waals surface area contributed by atoms with Crippen molar-refractivity contribution in [2.75, 3.05) is 0 Å². The van der Waals surface area contributed by atoms with Crippen molar-refractivity contribution < 1.29 is 40.9 Å². The maximum absolute atomic E-state index is 12.4. The van der Waals surface area contributed by atoms with Crippen molar-refractivity contribution in [3.8, 4) is 5.75 Å². The topological polar surface area (TPSA) is 35.5 Å². The van der Waals surface area contributed by atoms with Gasteiger partial charge in [-0.15, -0.1) is 0 Å². The van der Waals surface area contributed by atoms with Gasteiger partial charge in [0, 0.05) is 6.92 Å². The molecule has 0 saturated carbocycles. The van der Waals surface area contributed by atoms with Gasteiger partial charge in [-0.3, -0.25) is 9.78 Å². The summed E-state index contributed by atoms with van der Waals surface area (Å²) >= 11 is 0. The predicted octanol–water partition coefficient (Wildman–Crippen LogP) is 3.58. The molecule has 3 nitrogen and oxygen atoms in total. The lowest BCUT2D eigenvalue weighted by Gasteiger charge is -2.13. The number of carbonyl (C=O) groups excluding carboxylic acids is 1. The summed E-state index contributed by atoms with van der Waals surface area (Å²) in [6.07, 6.45) is -9.98. The summed E-state index contributed by atoms with van der Waals surface area (Å²) in [7, 11) is 0. The molecule has 0 bridgehead atoms. The monoisotopic (exact) mass is 288 g/mol. The minimum Gasteiger partial charge on any atom is -0.287 e. The molecule has 19 heavy (non-hydrogen) atoms. The molecule has 0 radical (unpaired) electrons. The Morgan fingerprint density at radius 1 is 0.947 bits per heavy atom. The van der Waals surface area contributed by atoms with E-state index >= 15 is 0 Å². The zero-order valence-corrected chi connectivity index (χ0v) is 9.22. The Bertz CT molecular complexity index is 445. The SMILES string of the molecule is CC(=O)OOc1cc(C(F)(F)F)cc(C(F)(F)F)c1. The van der Waals surface area contributed by atoms with Gasteiger partial charge in [-0.25, -0.2) is 4.79 Å². The van der Waals surface area contributed by atoms with Crippen molar-refractivity contribution in [2.24, 2.45) is 0 Å². The highest BCUT2D eigenvalue weighted by Crippen LogP contribution is 2.38. The van der Waals surface area contributed by atoms with Gasteiger partial charge < -0.3 is 0 Å². The summed E-state index contributed by atoms with van der Waals surface area (Å²) in [4.78, 5) is 18.4. The van der Waals surface area contributed by atoms with Gasteiger partial charge in [0.2, 0.25) is 0 Å². The Morgan fingerprint density at radius 3 is 1.68 bits per heavy atom. The van der Waals surface area contributed by atoms with E-state index < -0.39 is 35.2 Å². The first-order chi connectivity index (χ1) is 8.50. The van der Waals surface area contributed by atoms with Gasteiger partial charge in [0.25, 0.3) is 0 Å².